The molecule has 0 spiro atoms. The smallest absolute Gasteiger partial charge is 0.232 e. The lowest BCUT2D eigenvalue weighted by Crippen LogP contribution is -2.24. The molecule has 0 aliphatic rings. The van der Waals surface area contributed by atoms with Crippen molar-refractivity contribution in [3.8, 4) is 28.3 Å². The molecule has 154 valence electrons. The monoisotopic (exact) mass is 424 g/mol. The Balaban J connectivity index is 2.57. The maximum atomic E-state index is 13.7. The first-order valence-corrected chi connectivity index (χ1v) is 8.91. The molecule has 3 aromatic carbocycles. The number of nitriles is 1. The van der Waals surface area contributed by atoms with Crippen LogP contribution in [0.3, 0.4) is 0 Å². The Morgan fingerprint density at radius 2 is 1.26 bits per heavy atom. The van der Waals surface area contributed by atoms with E-state index in [0.29, 0.717) is 10.8 Å². The number of rotatable bonds is 2. The first-order valence-electron chi connectivity index (χ1n) is 8.91. The van der Waals surface area contributed by atoms with Gasteiger partial charge in [0.2, 0.25) is 0 Å². The number of alkyl halides is 3. The van der Waals surface area contributed by atoms with Gasteiger partial charge in [0, 0.05) is 5.57 Å². The van der Waals surface area contributed by atoms with Crippen LogP contribution in [0.25, 0.3) is 38.4 Å². The number of hydrogen-bond donors (Lipinski definition) is 0. The highest BCUT2D eigenvalue weighted by atomic mass is 19.4. The average molecular weight is 424 g/mol. The van der Waals surface area contributed by atoms with Crippen LogP contribution in [-0.2, 0) is 0 Å². The van der Waals surface area contributed by atoms with Gasteiger partial charge >= 0.3 is 6.18 Å². The van der Waals surface area contributed by atoms with Crippen LogP contribution in [0.1, 0.15) is 6.92 Å². The molecule has 0 atom stereocenters. The molecule has 2 nitrogen and oxygen atoms in total. The molecule has 0 aliphatic heterocycles. The minimum absolute atomic E-state index is 0.0267. The third kappa shape index (κ3) is 4.46. The first-order chi connectivity index (χ1) is 14.7. The molecule has 0 amide bonds. The fourth-order valence-corrected chi connectivity index (χ4v) is 3.18. The maximum Gasteiger partial charge on any atom is 0.420 e. The number of benzene rings is 3. The third-order valence-electron chi connectivity index (χ3n) is 4.68. The summed E-state index contributed by atoms with van der Waals surface area (Å²) in [7, 11) is 0. The Labute approximate surface area is 174 Å². The molecule has 0 aliphatic carbocycles. The SMILES string of the molecule is [C-]#[N+]/C(=c1/cc(-c2ccc(F)cc2)/c(=C(/C)C#N)cc1-c1ccc(F)cc1)C(F)(F)F. The van der Waals surface area contributed by atoms with Crippen molar-refractivity contribution in [2.45, 2.75) is 13.1 Å². The van der Waals surface area contributed by atoms with Crippen LogP contribution in [0.5, 0.6) is 0 Å². The molecule has 0 heterocycles. The van der Waals surface area contributed by atoms with E-state index in [9.17, 15) is 27.2 Å². The Kier molecular flexibility index (Phi) is 5.90. The van der Waals surface area contributed by atoms with E-state index in [1.54, 1.807) is 0 Å². The Bertz CT molecular complexity index is 1340. The van der Waals surface area contributed by atoms with Crippen molar-refractivity contribution < 1.29 is 22.0 Å². The van der Waals surface area contributed by atoms with E-state index < -0.39 is 28.7 Å². The average Bonchev–Trinajstić information content (AvgIpc) is 2.73. The van der Waals surface area contributed by atoms with E-state index in [4.69, 9.17) is 6.57 Å². The third-order valence-corrected chi connectivity index (χ3v) is 4.68. The van der Waals surface area contributed by atoms with Crippen LogP contribution >= 0.6 is 0 Å². The van der Waals surface area contributed by atoms with Crippen LogP contribution in [0.4, 0.5) is 22.0 Å². The summed E-state index contributed by atoms with van der Waals surface area (Å²) < 4.78 is 67.8. The second kappa shape index (κ2) is 8.41. The molecular formula is C24H13F5N2. The van der Waals surface area contributed by atoms with E-state index in [1.165, 1.54) is 43.3 Å². The van der Waals surface area contributed by atoms with E-state index in [-0.39, 0.29) is 22.3 Å². The minimum atomic E-state index is -4.94. The first kappa shape index (κ1) is 21.7. The zero-order valence-corrected chi connectivity index (χ0v) is 16.1. The van der Waals surface area contributed by atoms with Crippen molar-refractivity contribution >= 4 is 11.3 Å². The lowest BCUT2D eigenvalue weighted by Gasteiger charge is -2.13. The van der Waals surface area contributed by atoms with Crippen LogP contribution in [0.2, 0.25) is 0 Å². The molecule has 0 radical (unpaired) electrons. The summed E-state index contributed by atoms with van der Waals surface area (Å²) in [6, 6.07) is 14.4. The topological polar surface area (TPSA) is 28.1 Å². The summed E-state index contributed by atoms with van der Waals surface area (Å²) in [5.74, 6) is -1.10. The highest BCUT2D eigenvalue weighted by molar-refractivity contribution is 5.79. The van der Waals surface area contributed by atoms with Crippen LogP contribution < -0.4 is 10.4 Å². The summed E-state index contributed by atoms with van der Waals surface area (Å²) >= 11 is 0. The van der Waals surface area contributed by atoms with Gasteiger partial charge in [-0.25, -0.2) is 13.6 Å². The van der Waals surface area contributed by atoms with E-state index >= 15 is 0 Å². The van der Waals surface area contributed by atoms with E-state index in [1.807, 2.05) is 6.07 Å². The zero-order valence-electron chi connectivity index (χ0n) is 16.1. The van der Waals surface area contributed by atoms with Crippen molar-refractivity contribution in [1.29, 1.82) is 5.26 Å². The number of nitrogens with zero attached hydrogens (tertiary/aromatic N) is 2. The second-order valence-corrected chi connectivity index (χ2v) is 6.65. The fourth-order valence-electron chi connectivity index (χ4n) is 3.18. The Hall–Kier alpha value is -3.97. The highest BCUT2D eigenvalue weighted by Crippen LogP contribution is 2.29. The molecule has 0 saturated heterocycles. The van der Waals surface area contributed by atoms with E-state index in [2.05, 4.69) is 4.85 Å². The second-order valence-electron chi connectivity index (χ2n) is 6.65. The van der Waals surface area contributed by atoms with Gasteiger partial charge in [0.1, 0.15) is 11.6 Å². The van der Waals surface area contributed by atoms with Crippen LogP contribution in [0.15, 0.2) is 60.7 Å². The van der Waals surface area contributed by atoms with Gasteiger partial charge in [-0.15, -0.1) is 0 Å². The van der Waals surface area contributed by atoms with Crippen LogP contribution in [-0.4, -0.2) is 6.18 Å². The normalized spacial score (nSPS) is 13.2. The van der Waals surface area contributed by atoms with Crippen molar-refractivity contribution in [2.75, 3.05) is 0 Å². The lowest BCUT2D eigenvalue weighted by atomic mass is 9.93. The maximum absolute atomic E-state index is 13.7. The summed E-state index contributed by atoms with van der Waals surface area (Å²) in [6.07, 6.45) is -4.94. The highest BCUT2D eigenvalue weighted by Gasteiger charge is 2.36. The van der Waals surface area contributed by atoms with Crippen molar-refractivity contribution in [1.82, 2.24) is 0 Å². The molecular weight excluding hydrogens is 411 g/mol. The fraction of sp³-hybridized carbons (Fsp3) is 0.0833. The van der Waals surface area contributed by atoms with Gasteiger partial charge in [0.25, 0.3) is 5.70 Å². The van der Waals surface area contributed by atoms with Gasteiger partial charge in [-0.1, -0.05) is 30.3 Å². The zero-order chi connectivity index (χ0) is 22.8. The van der Waals surface area contributed by atoms with Crippen LogP contribution in [0, 0.1) is 29.5 Å². The molecule has 0 N–H and O–H groups in total. The quantitative estimate of drug-likeness (QED) is 0.390. The van der Waals surface area contributed by atoms with Crippen molar-refractivity contribution in [3.63, 3.8) is 0 Å². The Morgan fingerprint density at radius 1 is 0.839 bits per heavy atom. The molecule has 0 fully saturated rings. The summed E-state index contributed by atoms with van der Waals surface area (Å²) in [6.45, 7) is 8.62. The van der Waals surface area contributed by atoms with Gasteiger partial charge < -0.3 is 0 Å². The molecule has 31 heavy (non-hydrogen) atoms. The summed E-state index contributed by atoms with van der Waals surface area (Å²) in [4.78, 5) is 2.71. The van der Waals surface area contributed by atoms with E-state index in [0.717, 1.165) is 24.3 Å². The van der Waals surface area contributed by atoms with Gasteiger partial charge in [-0.2, -0.15) is 18.4 Å². The van der Waals surface area contributed by atoms with Gasteiger partial charge in [-0.05, 0) is 69.9 Å². The molecule has 3 aromatic rings. The molecule has 0 unspecified atom stereocenters. The standard InChI is InChI=1S/C24H13F5N2/c1-14(13-30)19-11-21(16-5-9-18(26)10-6-16)22(23(31-2)24(27,28)29)12-20(19)15-3-7-17(25)8-4-15/h3-12H,1H3/b19-14-,23-22-. The van der Waals surface area contributed by atoms with Crippen molar-refractivity contribution in [2.24, 2.45) is 0 Å². The number of halogens is 5. The molecule has 0 aromatic heterocycles. The summed E-state index contributed by atoms with van der Waals surface area (Å²) in [5, 5.41) is 9.33. The van der Waals surface area contributed by atoms with Gasteiger partial charge in [-0.3, -0.25) is 0 Å². The lowest BCUT2D eigenvalue weighted by molar-refractivity contribution is -0.0691. The van der Waals surface area contributed by atoms with Gasteiger partial charge in [0.15, 0.2) is 0 Å². The largest absolute Gasteiger partial charge is 0.420 e. The summed E-state index contributed by atoms with van der Waals surface area (Å²) in [5.41, 5.74) is -0.338. The molecule has 7 heteroatoms. The molecule has 0 bridgehead atoms. The predicted octanol–water partition coefficient (Wildman–Crippen LogP) is 5.58. The number of hydrogen-bond acceptors (Lipinski definition) is 1. The van der Waals surface area contributed by atoms with Crippen molar-refractivity contribution in [3.05, 3.63) is 94.2 Å². The predicted molar refractivity (Wildman–Crippen MR) is 107 cm³/mol. The van der Waals surface area contributed by atoms with Gasteiger partial charge in [0.05, 0.1) is 12.6 Å². The molecule has 0 saturated carbocycles. The Morgan fingerprint density at radius 3 is 1.65 bits per heavy atom. The minimum Gasteiger partial charge on any atom is -0.232 e. The molecule has 3 rings (SSSR count).